The van der Waals surface area contributed by atoms with Crippen LogP contribution in [0, 0.1) is 6.92 Å². The van der Waals surface area contributed by atoms with Crippen LogP contribution in [0.25, 0.3) is 89.8 Å². The molecule has 0 radical (unpaired) electrons. The van der Waals surface area contributed by atoms with Crippen molar-refractivity contribution in [2.45, 2.75) is 6.92 Å². The number of para-hydroxylation sites is 1. The molecule has 0 atom stereocenters. The van der Waals surface area contributed by atoms with Crippen molar-refractivity contribution in [3.05, 3.63) is 176 Å². The van der Waals surface area contributed by atoms with Gasteiger partial charge in [0.2, 0.25) is 5.95 Å². The molecule has 0 aliphatic carbocycles. The molecule has 0 saturated heterocycles. The molecular weight excluding hydrogens is 625 g/mol. The van der Waals surface area contributed by atoms with Crippen molar-refractivity contribution < 1.29 is 4.42 Å². The zero-order valence-electron chi connectivity index (χ0n) is 28.0. The standard InChI is InChI=1S/C46H32N4O/c1-3-4-19-42-30(2)37-26-24-36(29-43(37)51-42)35-25-27-39-38-17-11-12-18-40(38)50(41(39)28-35)46-48-44(33-15-9-6-10-16-33)47-45(49-46)34-22-20-32(21-23-34)31-13-7-5-8-14-31/h3-29H,1H2,2H3/b19-4-. The highest BCUT2D eigenvalue weighted by Gasteiger charge is 2.19. The smallest absolute Gasteiger partial charge is 0.238 e. The highest BCUT2D eigenvalue weighted by atomic mass is 16.3. The largest absolute Gasteiger partial charge is 0.456 e. The van der Waals surface area contributed by atoms with Crippen molar-refractivity contribution in [2.24, 2.45) is 0 Å². The fourth-order valence-electron chi connectivity index (χ4n) is 6.86. The first kappa shape index (κ1) is 30.2. The Morgan fingerprint density at radius 3 is 1.80 bits per heavy atom. The molecule has 0 unspecified atom stereocenters. The van der Waals surface area contributed by atoms with Crippen molar-refractivity contribution in [3.63, 3.8) is 0 Å². The van der Waals surface area contributed by atoms with Crippen LogP contribution in [-0.4, -0.2) is 19.5 Å². The average Bonchev–Trinajstić information content (AvgIpc) is 3.70. The number of aryl methyl sites for hydroxylation is 1. The lowest BCUT2D eigenvalue weighted by atomic mass is 10.0. The Labute approximate surface area is 295 Å². The molecule has 51 heavy (non-hydrogen) atoms. The molecular formula is C46H32N4O. The highest BCUT2D eigenvalue weighted by Crippen LogP contribution is 2.37. The number of hydrogen-bond donors (Lipinski definition) is 0. The fraction of sp³-hybridized carbons (Fsp3) is 0.0217. The van der Waals surface area contributed by atoms with Crippen LogP contribution in [0.4, 0.5) is 0 Å². The average molecular weight is 657 g/mol. The molecule has 5 nitrogen and oxygen atoms in total. The SMILES string of the molecule is C=C/C=C\c1oc2cc(-c3ccc4c5ccccc5n(-c5nc(-c6ccccc6)nc(-c6ccc(-c7ccccc7)cc6)n5)c4c3)ccc2c1C. The van der Waals surface area contributed by atoms with Gasteiger partial charge in [0.25, 0.3) is 0 Å². The Bertz CT molecular complexity index is 2760. The normalized spacial score (nSPS) is 11.6. The van der Waals surface area contributed by atoms with Crippen LogP contribution in [0.2, 0.25) is 0 Å². The van der Waals surface area contributed by atoms with E-state index in [4.69, 9.17) is 19.4 Å². The maximum Gasteiger partial charge on any atom is 0.238 e. The number of rotatable bonds is 7. The van der Waals surface area contributed by atoms with E-state index in [2.05, 4.69) is 127 Å². The van der Waals surface area contributed by atoms with Gasteiger partial charge >= 0.3 is 0 Å². The lowest BCUT2D eigenvalue weighted by Gasteiger charge is -2.12. The van der Waals surface area contributed by atoms with E-state index >= 15 is 0 Å². The van der Waals surface area contributed by atoms with E-state index in [1.807, 2.05) is 48.6 Å². The molecule has 6 aromatic carbocycles. The highest BCUT2D eigenvalue weighted by molar-refractivity contribution is 6.10. The van der Waals surface area contributed by atoms with Crippen LogP contribution < -0.4 is 0 Å². The molecule has 0 fully saturated rings. The van der Waals surface area contributed by atoms with Gasteiger partial charge in [-0.3, -0.25) is 4.57 Å². The zero-order chi connectivity index (χ0) is 34.3. The van der Waals surface area contributed by atoms with Crippen LogP contribution >= 0.6 is 0 Å². The monoisotopic (exact) mass is 656 g/mol. The molecule has 0 aliphatic rings. The minimum atomic E-state index is 0.560. The van der Waals surface area contributed by atoms with Gasteiger partial charge < -0.3 is 4.42 Å². The summed E-state index contributed by atoms with van der Waals surface area (Å²) in [4.78, 5) is 15.3. The quantitative estimate of drug-likeness (QED) is 0.160. The first-order valence-electron chi connectivity index (χ1n) is 17.0. The number of allylic oxidation sites excluding steroid dienone is 2. The summed E-state index contributed by atoms with van der Waals surface area (Å²) in [6.45, 7) is 5.88. The zero-order valence-corrected chi connectivity index (χ0v) is 28.0. The van der Waals surface area contributed by atoms with Crippen LogP contribution in [0.15, 0.2) is 169 Å². The number of nitrogens with zero attached hydrogens (tertiary/aromatic N) is 4. The van der Waals surface area contributed by atoms with Crippen LogP contribution in [-0.2, 0) is 0 Å². The van der Waals surface area contributed by atoms with Crippen molar-refractivity contribution in [3.8, 4) is 51.0 Å². The van der Waals surface area contributed by atoms with Gasteiger partial charge in [-0.25, -0.2) is 4.98 Å². The minimum absolute atomic E-state index is 0.560. The second-order valence-electron chi connectivity index (χ2n) is 12.6. The van der Waals surface area contributed by atoms with Crippen molar-refractivity contribution in [1.29, 1.82) is 0 Å². The molecule has 9 aromatic rings. The van der Waals surface area contributed by atoms with Gasteiger partial charge in [-0.15, -0.1) is 0 Å². The van der Waals surface area contributed by atoms with E-state index in [1.165, 1.54) is 0 Å². The summed E-state index contributed by atoms with van der Waals surface area (Å²) in [6, 6.07) is 50.4. The number of benzene rings is 6. The Morgan fingerprint density at radius 1 is 0.529 bits per heavy atom. The third kappa shape index (κ3) is 5.42. The second-order valence-corrected chi connectivity index (χ2v) is 12.6. The van der Waals surface area contributed by atoms with Gasteiger partial charge in [0.15, 0.2) is 11.6 Å². The van der Waals surface area contributed by atoms with Crippen LogP contribution in [0.3, 0.4) is 0 Å². The molecule has 3 heterocycles. The summed E-state index contributed by atoms with van der Waals surface area (Å²) in [5, 5.41) is 3.35. The van der Waals surface area contributed by atoms with Crippen LogP contribution in [0.5, 0.6) is 0 Å². The summed E-state index contributed by atoms with van der Waals surface area (Å²) in [5.41, 5.74) is 10.3. The van der Waals surface area contributed by atoms with E-state index in [1.54, 1.807) is 6.08 Å². The van der Waals surface area contributed by atoms with E-state index in [9.17, 15) is 0 Å². The van der Waals surface area contributed by atoms with E-state index in [0.717, 1.165) is 77.5 Å². The Hall–Kier alpha value is -6.85. The summed E-state index contributed by atoms with van der Waals surface area (Å²) >= 11 is 0. The van der Waals surface area contributed by atoms with Gasteiger partial charge in [-0.05, 0) is 53.5 Å². The third-order valence-corrected chi connectivity index (χ3v) is 9.47. The summed E-state index contributed by atoms with van der Waals surface area (Å²) in [7, 11) is 0. The Balaban J connectivity index is 1.23. The van der Waals surface area contributed by atoms with Gasteiger partial charge in [-0.2, -0.15) is 9.97 Å². The van der Waals surface area contributed by atoms with Crippen LogP contribution in [0.1, 0.15) is 11.3 Å². The molecule has 5 heteroatoms. The molecule has 0 bridgehead atoms. The summed E-state index contributed by atoms with van der Waals surface area (Å²) in [5.74, 6) is 2.63. The topological polar surface area (TPSA) is 56.7 Å². The molecule has 0 saturated carbocycles. The maximum atomic E-state index is 6.27. The van der Waals surface area contributed by atoms with E-state index in [-0.39, 0.29) is 0 Å². The third-order valence-electron chi connectivity index (χ3n) is 9.47. The van der Waals surface area contributed by atoms with Gasteiger partial charge in [-0.1, -0.05) is 146 Å². The predicted octanol–water partition coefficient (Wildman–Crippen LogP) is 11.9. The molecule has 0 amide bonds. The minimum Gasteiger partial charge on any atom is -0.456 e. The number of fused-ring (bicyclic) bond motifs is 4. The predicted molar refractivity (Wildman–Crippen MR) is 210 cm³/mol. The second kappa shape index (κ2) is 12.6. The number of aromatic nitrogens is 4. The van der Waals surface area contributed by atoms with Gasteiger partial charge in [0.1, 0.15) is 11.3 Å². The first-order chi connectivity index (χ1) is 25.1. The summed E-state index contributed by atoms with van der Waals surface area (Å²) in [6.07, 6.45) is 5.61. The van der Waals surface area contributed by atoms with E-state index < -0.39 is 0 Å². The number of hydrogen-bond acceptors (Lipinski definition) is 4. The molecule has 0 aliphatic heterocycles. The lowest BCUT2D eigenvalue weighted by molar-refractivity contribution is 0.601. The molecule has 3 aromatic heterocycles. The lowest BCUT2D eigenvalue weighted by Crippen LogP contribution is -2.06. The molecule has 0 N–H and O–H groups in total. The maximum absolute atomic E-state index is 6.27. The Morgan fingerprint density at radius 2 is 1.08 bits per heavy atom. The first-order valence-corrected chi connectivity index (χ1v) is 17.0. The summed E-state index contributed by atoms with van der Waals surface area (Å²) < 4.78 is 8.43. The molecule has 0 spiro atoms. The van der Waals surface area contributed by atoms with Crippen molar-refractivity contribution in [2.75, 3.05) is 0 Å². The van der Waals surface area contributed by atoms with Gasteiger partial charge in [0, 0.05) is 32.8 Å². The number of furan rings is 1. The Kier molecular flexibility index (Phi) is 7.44. The van der Waals surface area contributed by atoms with Gasteiger partial charge in [0.05, 0.1) is 11.0 Å². The molecule has 9 rings (SSSR count). The molecule has 242 valence electrons. The van der Waals surface area contributed by atoms with E-state index in [0.29, 0.717) is 17.6 Å². The van der Waals surface area contributed by atoms with Crippen molar-refractivity contribution in [1.82, 2.24) is 19.5 Å². The fourth-order valence-corrected chi connectivity index (χ4v) is 6.86. The van der Waals surface area contributed by atoms with Crippen molar-refractivity contribution >= 4 is 38.9 Å².